The number of halogens is 2. The van der Waals surface area contributed by atoms with Crippen LogP contribution in [0.5, 0.6) is 0 Å². The van der Waals surface area contributed by atoms with Gasteiger partial charge in [0, 0.05) is 55.7 Å². The van der Waals surface area contributed by atoms with Gasteiger partial charge in [0.1, 0.15) is 5.82 Å². The van der Waals surface area contributed by atoms with Crippen molar-refractivity contribution in [1.29, 1.82) is 0 Å². The second-order valence-electron chi connectivity index (χ2n) is 5.90. The molecular formula is C18H19ClFN3O. The van der Waals surface area contributed by atoms with Crippen molar-refractivity contribution < 1.29 is 9.18 Å². The van der Waals surface area contributed by atoms with Crippen LogP contribution < -0.4 is 0 Å². The zero-order chi connectivity index (χ0) is 16.9. The number of benzene rings is 1. The van der Waals surface area contributed by atoms with Crippen LogP contribution in [0.15, 0.2) is 42.7 Å². The van der Waals surface area contributed by atoms with E-state index >= 15 is 0 Å². The summed E-state index contributed by atoms with van der Waals surface area (Å²) in [7, 11) is 0. The highest BCUT2D eigenvalue weighted by Crippen LogP contribution is 2.20. The number of amides is 1. The number of nitrogens with zero attached hydrogens (tertiary/aromatic N) is 3. The third-order valence-electron chi connectivity index (χ3n) is 4.24. The molecule has 1 amide bonds. The first kappa shape index (κ1) is 16.9. The number of carbonyl (C=O) groups is 1. The average Bonchev–Trinajstić information content (AvgIpc) is 2.60. The molecule has 0 saturated carbocycles. The number of rotatable bonds is 4. The van der Waals surface area contributed by atoms with E-state index in [4.69, 9.17) is 11.6 Å². The molecule has 1 aromatic heterocycles. The number of aromatic nitrogens is 1. The predicted octanol–water partition coefficient (Wildman–Crippen LogP) is 2.76. The van der Waals surface area contributed by atoms with Gasteiger partial charge in [-0.05, 0) is 23.8 Å². The lowest BCUT2D eigenvalue weighted by Crippen LogP contribution is -2.48. The lowest BCUT2D eigenvalue weighted by atomic mass is 10.1. The van der Waals surface area contributed by atoms with E-state index in [0.29, 0.717) is 18.1 Å². The zero-order valence-electron chi connectivity index (χ0n) is 13.3. The highest BCUT2D eigenvalue weighted by atomic mass is 35.5. The number of hydrogen-bond acceptors (Lipinski definition) is 3. The Bertz CT molecular complexity index is 682. The summed E-state index contributed by atoms with van der Waals surface area (Å²) in [5.74, 6) is -0.505. The molecule has 0 N–H and O–H groups in total. The quantitative estimate of drug-likeness (QED) is 0.853. The molecule has 6 heteroatoms. The molecule has 0 radical (unpaired) electrons. The normalized spacial score (nSPS) is 15.5. The largest absolute Gasteiger partial charge is 0.340 e. The van der Waals surface area contributed by atoms with Gasteiger partial charge in [0.05, 0.1) is 6.42 Å². The first-order chi connectivity index (χ1) is 11.6. The van der Waals surface area contributed by atoms with Crippen LogP contribution in [-0.4, -0.2) is 46.9 Å². The van der Waals surface area contributed by atoms with Gasteiger partial charge in [-0.25, -0.2) is 4.39 Å². The Morgan fingerprint density at radius 1 is 1.17 bits per heavy atom. The molecule has 24 heavy (non-hydrogen) atoms. The molecule has 0 bridgehead atoms. The third kappa shape index (κ3) is 4.10. The van der Waals surface area contributed by atoms with Crippen LogP contribution in [0.25, 0.3) is 0 Å². The summed E-state index contributed by atoms with van der Waals surface area (Å²) < 4.78 is 13.8. The smallest absolute Gasteiger partial charge is 0.227 e. The first-order valence-electron chi connectivity index (χ1n) is 7.95. The fourth-order valence-electron chi connectivity index (χ4n) is 2.87. The van der Waals surface area contributed by atoms with E-state index in [1.165, 1.54) is 6.07 Å². The lowest BCUT2D eigenvalue weighted by molar-refractivity contribution is -0.132. The standard InChI is InChI=1S/C18H19ClFN3O/c19-16-4-1-5-17(20)15(16)11-18(24)23-9-7-22(8-10-23)13-14-3-2-6-21-12-14/h1-6,12H,7-11,13H2. The Morgan fingerprint density at radius 3 is 2.62 bits per heavy atom. The molecule has 1 fully saturated rings. The molecule has 2 heterocycles. The van der Waals surface area contributed by atoms with Gasteiger partial charge in [-0.2, -0.15) is 0 Å². The number of carbonyl (C=O) groups excluding carboxylic acids is 1. The summed E-state index contributed by atoms with van der Waals surface area (Å²) in [6.07, 6.45) is 3.62. The Labute approximate surface area is 145 Å². The molecule has 2 aromatic rings. The number of hydrogen-bond donors (Lipinski definition) is 0. The maximum absolute atomic E-state index is 13.8. The van der Waals surface area contributed by atoms with Crippen LogP contribution in [0.2, 0.25) is 5.02 Å². The molecule has 0 spiro atoms. The van der Waals surface area contributed by atoms with Gasteiger partial charge in [-0.3, -0.25) is 14.7 Å². The van der Waals surface area contributed by atoms with Crippen molar-refractivity contribution in [2.45, 2.75) is 13.0 Å². The van der Waals surface area contributed by atoms with Crippen molar-refractivity contribution in [2.24, 2.45) is 0 Å². The first-order valence-corrected chi connectivity index (χ1v) is 8.33. The van der Waals surface area contributed by atoms with Gasteiger partial charge in [-0.1, -0.05) is 23.7 Å². The molecule has 0 atom stereocenters. The summed E-state index contributed by atoms with van der Waals surface area (Å²) in [6, 6.07) is 8.46. The minimum absolute atomic E-state index is 0.00805. The molecule has 1 aromatic carbocycles. The zero-order valence-corrected chi connectivity index (χ0v) is 14.0. The van der Waals surface area contributed by atoms with E-state index in [9.17, 15) is 9.18 Å². The molecule has 0 aliphatic carbocycles. The van der Waals surface area contributed by atoms with Crippen molar-refractivity contribution in [3.8, 4) is 0 Å². The highest BCUT2D eigenvalue weighted by Gasteiger charge is 2.22. The Balaban J connectivity index is 1.54. The minimum atomic E-state index is -0.425. The Morgan fingerprint density at radius 2 is 1.96 bits per heavy atom. The van der Waals surface area contributed by atoms with E-state index in [0.717, 1.165) is 25.2 Å². The van der Waals surface area contributed by atoms with Crippen LogP contribution in [0.1, 0.15) is 11.1 Å². The van der Waals surface area contributed by atoms with Crippen molar-refractivity contribution in [1.82, 2.24) is 14.8 Å². The summed E-state index contributed by atoms with van der Waals surface area (Å²) in [5, 5.41) is 0.304. The van der Waals surface area contributed by atoms with Crippen molar-refractivity contribution in [2.75, 3.05) is 26.2 Å². The second-order valence-corrected chi connectivity index (χ2v) is 6.30. The summed E-state index contributed by atoms with van der Waals surface area (Å²) >= 11 is 6.00. The Kier molecular flexibility index (Phi) is 5.43. The predicted molar refractivity (Wildman–Crippen MR) is 91.2 cm³/mol. The van der Waals surface area contributed by atoms with E-state index in [-0.39, 0.29) is 17.9 Å². The van der Waals surface area contributed by atoms with Crippen molar-refractivity contribution in [3.05, 3.63) is 64.7 Å². The molecule has 3 rings (SSSR count). The summed E-state index contributed by atoms with van der Waals surface area (Å²) in [6.45, 7) is 3.71. The van der Waals surface area contributed by atoms with Crippen molar-refractivity contribution >= 4 is 17.5 Å². The average molecular weight is 348 g/mol. The van der Waals surface area contributed by atoms with Gasteiger partial charge >= 0.3 is 0 Å². The minimum Gasteiger partial charge on any atom is -0.340 e. The molecule has 1 saturated heterocycles. The molecule has 0 unspecified atom stereocenters. The molecular weight excluding hydrogens is 329 g/mol. The van der Waals surface area contributed by atoms with E-state index in [2.05, 4.69) is 9.88 Å². The van der Waals surface area contributed by atoms with E-state index in [1.807, 2.05) is 18.3 Å². The van der Waals surface area contributed by atoms with E-state index in [1.54, 1.807) is 23.2 Å². The van der Waals surface area contributed by atoms with Gasteiger partial charge < -0.3 is 4.90 Å². The Hall–Kier alpha value is -1.98. The van der Waals surface area contributed by atoms with Gasteiger partial charge in [0.2, 0.25) is 5.91 Å². The maximum atomic E-state index is 13.8. The molecule has 1 aliphatic rings. The van der Waals surface area contributed by atoms with Crippen molar-refractivity contribution in [3.63, 3.8) is 0 Å². The SMILES string of the molecule is O=C(Cc1c(F)cccc1Cl)N1CCN(Cc2cccnc2)CC1. The highest BCUT2D eigenvalue weighted by molar-refractivity contribution is 6.31. The summed E-state index contributed by atoms with van der Waals surface area (Å²) in [4.78, 5) is 20.6. The monoisotopic (exact) mass is 347 g/mol. The van der Waals surface area contributed by atoms with Crippen LogP contribution in [0, 0.1) is 5.82 Å². The van der Waals surface area contributed by atoms with Crippen LogP contribution in [0.3, 0.4) is 0 Å². The lowest BCUT2D eigenvalue weighted by Gasteiger charge is -2.34. The fraction of sp³-hybridized carbons (Fsp3) is 0.333. The van der Waals surface area contributed by atoms with Gasteiger partial charge in [-0.15, -0.1) is 0 Å². The topological polar surface area (TPSA) is 36.4 Å². The second kappa shape index (κ2) is 7.73. The molecule has 1 aliphatic heterocycles. The van der Waals surface area contributed by atoms with E-state index < -0.39 is 5.82 Å². The maximum Gasteiger partial charge on any atom is 0.227 e. The molecule has 126 valence electrons. The third-order valence-corrected chi connectivity index (χ3v) is 4.60. The number of pyridine rings is 1. The van der Waals surface area contributed by atoms with Crippen LogP contribution in [0.4, 0.5) is 4.39 Å². The fourth-order valence-corrected chi connectivity index (χ4v) is 3.10. The number of piperazine rings is 1. The molecule has 4 nitrogen and oxygen atoms in total. The summed E-state index contributed by atoms with van der Waals surface area (Å²) in [5.41, 5.74) is 1.44. The van der Waals surface area contributed by atoms with Crippen LogP contribution >= 0.6 is 11.6 Å². The van der Waals surface area contributed by atoms with Gasteiger partial charge in [0.15, 0.2) is 0 Å². The van der Waals surface area contributed by atoms with Gasteiger partial charge in [0.25, 0.3) is 0 Å². The van der Waals surface area contributed by atoms with Crippen LogP contribution in [-0.2, 0) is 17.8 Å².